The van der Waals surface area contributed by atoms with Gasteiger partial charge in [0, 0.05) is 6.07 Å². The molecule has 0 radical (unpaired) electrons. The molecule has 1 heterocycles. The fourth-order valence-electron chi connectivity index (χ4n) is 1.18. The second-order valence-corrected chi connectivity index (χ2v) is 3.53. The standard InChI is InChI=1S/C12H16O5/c1-3-4-6-16-11(14)8-17-12-9(2)15-7-5-10(12)13/h5,7H,3-4,6,8H2,1-2H3. The van der Waals surface area contributed by atoms with Crippen molar-refractivity contribution in [2.45, 2.75) is 26.7 Å². The quantitative estimate of drug-likeness (QED) is 0.559. The van der Waals surface area contributed by atoms with Crippen molar-refractivity contribution >= 4 is 5.97 Å². The Morgan fingerprint density at radius 2 is 2.24 bits per heavy atom. The normalized spacial score (nSPS) is 10.0. The minimum absolute atomic E-state index is 0.0555. The third-order valence-corrected chi connectivity index (χ3v) is 2.10. The van der Waals surface area contributed by atoms with Crippen LogP contribution in [-0.4, -0.2) is 19.2 Å². The zero-order valence-electron chi connectivity index (χ0n) is 10.0. The molecular weight excluding hydrogens is 224 g/mol. The summed E-state index contributed by atoms with van der Waals surface area (Å²) in [5.74, 6) is -0.0834. The highest BCUT2D eigenvalue weighted by Crippen LogP contribution is 2.10. The van der Waals surface area contributed by atoms with E-state index < -0.39 is 5.97 Å². The van der Waals surface area contributed by atoms with Gasteiger partial charge in [0.1, 0.15) is 5.76 Å². The highest BCUT2D eigenvalue weighted by molar-refractivity contribution is 5.71. The third kappa shape index (κ3) is 4.30. The summed E-state index contributed by atoms with van der Waals surface area (Å²) >= 11 is 0. The molecule has 0 aromatic carbocycles. The minimum atomic E-state index is -0.485. The van der Waals surface area contributed by atoms with Gasteiger partial charge in [0.2, 0.25) is 11.2 Å². The molecular formula is C12H16O5. The van der Waals surface area contributed by atoms with E-state index in [0.29, 0.717) is 12.4 Å². The highest BCUT2D eigenvalue weighted by Gasteiger charge is 2.10. The Morgan fingerprint density at radius 3 is 2.88 bits per heavy atom. The van der Waals surface area contributed by atoms with Crippen LogP contribution in [0.2, 0.25) is 0 Å². The van der Waals surface area contributed by atoms with Gasteiger partial charge < -0.3 is 13.9 Å². The summed E-state index contributed by atoms with van der Waals surface area (Å²) in [6, 6.07) is 1.24. The first-order valence-electron chi connectivity index (χ1n) is 5.52. The fourth-order valence-corrected chi connectivity index (χ4v) is 1.18. The van der Waals surface area contributed by atoms with Crippen LogP contribution in [0.4, 0.5) is 0 Å². The Balaban J connectivity index is 2.45. The molecule has 0 spiro atoms. The van der Waals surface area contributed by atoms with Crippen LogP contribution in [0.3, 0.4) is 0 Å². The van der Waals surface area contributed by atoms with Gasteiger partial charge in [-0.1, -0.05) is 13.3 Å². The summed E-state index contributed by atoms with van der Waals surface area (Å²) in [6.45, 7) is 3.70. The van der Waals surface area contributed by atoms with E-state index in [4.69, 9.17) is 13.9 Å². The maximum absolute atomic E-state index is 11.4. The molecule has 0 saturated heterocycles. The predicted octanol–water partition coefficient (Wildman–Crippen LogP) is 1.67. The molecule has 1 aromatic rings. The first-order valence-corrected chi connectivity index (χ1v) is 5.52. The van der Waals surface area contributed by atoms with Crippen molar-refractivity contribution in [1.29, 1.82) is 0 Å². The Morgan fingerprint density at radius 1 is 1.47 bits per heavy atom. The number of rotatable bonds is 6. The molecule has 0 bridgehead atoms. The fraction of sp³-hybridized carbons (Fsp3) is 0.500. The van der Waals surface area contributed by atoms with Gasteiger partial charge in [-0.25, -0.2) is 4.79 Å². The van der Waals surface area contributed by atoms with Crippen molar-refractivity contribution in [3.63, 3.8) is 0 Å². The number of carbonyl (C=O) groups is 1. The van der Waals surface area contributed by atoms with Crippen LogP contribution in [0, 0.1) is 6.92 Å². The van der Waals surface area contributed by atoms with E-state index in [-0.39, 0.29) is 17.8 Å². The smallest absolute Gasteiger partial charge is 0.344 e. The molecule has 17 heavy (non-hydrogen) atoms. The Hall–Kier alpha value is -1.78. The van der Waals surface area contributed by atoms with E-state index in [2.05, 4.69) is 0 Å². The predicted molar refractivity (Wildman–Crippen MR) is 61.1 cm³/mol. The van der Waals surface area contributed by atoms with Gasteiger partial charge in [-0.2, -0.15) is 0 Å². The van der Waals surface area contributed by atoms with Crippen LogP contribution < -0.4 is 10.2 Å². The molecule has 0 N–H and O–H groups in total. The SMILES string of the molecule is CCCCOC(=O)COc1c(C)occc1=O. The number of unbranched alkanes of at least 4 members (excludes halogenated alkanes) is 1. The number of esters is 1. The maximum Gasteiger partial charge on any atom is 0.344 e. The molecule has 0 aliphatic rings. The minimum Gasteiger partial charge on any atom is -0.475 e. The lowest BCUT2D eigenvalue weighted by atomic mass is 10.4. The monoisotopic (exact) mass is 240 g/mol. The number of ether oxygens (including phenoxy) is 2. The number of hydrogen-bond acceptors (Lipinski definition) is 5. The molecule has 5 nitrogen and oxygen atoms in total. The summed E-state index contributed by atoms with van der Waals surface area (Å²) in [5, 5.41) is 0. The van der Waals surface area contributed by atoms with Gasteiger partial charge in [0.25, 0.3) is 0 Å². The van der Waals surface area contributed by atoms with Gasteiger partial charge >= 0.3 is 5.97 Å². The van der Waals surface area contributed by atoms with Gasteiger partial charge in [0.05, 0.1) is 12.9 Å². The molecule has 1 rings (SSSR count). The largest absolute Gasteiger partial charge is 0.475 e. The zero-order chi connectivity index (χ0) is 12.7. The van der Waals surface area contributed by atoms with E-state index >= 15 is 0 Å². The molecule has 94 valence electrons. The number of hydrogen-bond donors (Lipinski definition) is 0. The van der Waals surface area contributed by atoms with Crippen molar-refractivity contribution in [2.75, 3.05) is 13.2 Å². The van der Waals surface area contributed by atoms with Gasteiger partial charge in [-0.3, -0.25) is 4.79 Å². The lowest BCUT2D eigenvalue weighted by molar-refractivity contribution is -0.146. The maximum atomic E-state index is 11.4. The van der Waals surface area contributed by atoms with Crippen LogP contribution in [0.15, 0.2) is 21.5 Å². The second kappa shape index (κ2) is 6.73. The first kappa shape index (κ1) is 13.3. The molecule has 0 fully saturated rings. The first-order chi connectivity index (χ1) is 8.15. The van der Waals surface area contributed by atoms with Crippen LogP contribution in [0.25, 0.3) is 0 Å². The number of aryl methyl sites for hydroxylation is 1. The zero-order valence-corrected chi connectivity index (χ0v) is 10.0. The van der Waals surface area contributed by atoms with Gasteiger partial charge in [-0.05, 0) is 13.3 Å². The van der Waals surface area contributed by atoms with E-state index in [0.717, 1.165) is 12.8 Å². The van der Waals surface area contributed by atoms with Gasteiger partial charge in [-0.15, -0.1) is 0 Å². The molecule has 0 saturated carbocycles. The summed E-state index contributed by atoms with van der Waals surface area (Å²) in [5.41, 5.74) is -0.310. The molecule has 0 aliphatic carbocycles. The van der Waals surface area contributed by atoms with E-state index in [1.807, 2.05) is 6.92 Å². The Kier molecular flexibility index (Phi) is 5.26. The Bertz CT molecular complexity index is 421. The lowest BCUT2D eigenvalue weighted by Gasteiger charge is -2.07. The van der Waals surface area contributed by atoms with Crippen LogP contribution in [0.5, 0.6) is 5.75 Å². The third-order valence-electron chi connectivity index (χ3n) is 2.10. The molecule has 5 heteroatoms. The van der Waals surface area contributed by atoms with Crippen molar-refractivity contribution < 1.29 is 18.7 Å². The van der Waals surface area contributed by atoms with Crippen molar-refractivity contribution in [3.05, 3.63) is 28.3 Å². The molecule has 0 amide bonds. The van der Waals surface area contributed by atoms with E-state index in [1.165, 1.54) is 12.3 Å². The molecule has 0 unspecified atom stereocenters. The van der Waals surface area contributed by atoms with E-state index in [1.54, 1.807) is 6.92 Å². The molecule has 0 aliphatic heterocycles. The lowest BCUT2D eigenvalue weighted by Crippen LogP contribution is -2.18. The average molecular weight is 240 g/mol. The number of carbonyl (C=O) groups excluding carboxylic acids is 1. The summed E-state index contributed by atoms with van der Waals surface area (Å²) < 4.78 is 15.0. The average Bonchev–Trinajstić information content (AvgIpc) is 2.29. The van der Waals surface area contributed by atoms with Crippen molar-refractivity contribution in [3.8, 4) is 5.75 Å². The van der Waals surface area contributed by atoms with Crippen molar-refractivity contribution in [1.82, 2.24) is 0 Å². The summed E-state index contributed by atoms with van der Waals surface area (Å²) in [7, 11) is 0. The topological polar surface area (TPSA) is 65.7 Å². The highest BCUT2D eigenvalue weighted by atomic mass is 16.6. The van der Waals surface area contributed by atoms with Crippen LogP contribution in [-0.2, 0) is 9.53 Å². The summed E-state index contributed by atoms with van der Waals surface area (Å²) in [4.78, 5) is 22.6. The Labute approximate surface area is 99.3 Å². The van der Waals surface area contributed by atoms with E-state index in [9.17, 15) is 9.59 Å². The summed E-state index contributed by atoms with van der Waals surface area (Å²) in [6.07, 6.45) is 3.05. The van der Waals surface area contributed by atoms with Gasteiger partial charge in [0.15, 0.2) is 6.61 Å². The molecule has 0 atom stereocenters. The van der Waals surface area contributed by atoms with Crippen LogP contribution in [0.1, 0.15) is 25.5 Å². The molecule has 1 aromatic heterocycles. The second-order valence-electron chi connectivity index (χ2n) is 3.53. The van der Waals surface area contributed by atoms with Crippen LogP contribution >= 0.6 is 0 Å². The van der Waals surface area contributed by atoms with Crippen molar-refractivity contribution in [2.24, 2.45) is 0 Å².